The molecule has 2 aromatic rings. The van der Waals surface area contributed by atoms with Crippen LogP contribution < -0.4 is 10.2 Å². The Balaban J connectivity index is 1.76. The molecule has 0 bridgehead atoms. The molecule has 1 aromatic carbocycles. The summed E-state index contributed by atoms with van der Waals surface area (Å²) in [7, 11) is 1.84. The van der Waals surface area contributed by atoms with Gasteiger partial charge in [0.05, 0.1) is 12.1 Å². The summed E-state index contributed by atoms with van der Waals surface area (Å²) < 4.78 is 0. The first-order valence-corrected chi connectivity index (χ1v) is 9.21. The second-order valence-corrected chi connectivity index (χ2v) is 7.71. The van der Waals surface area contributed by atoms with Gasteiger partial charge in [-0.25, -0.2) is 4.79 Å². The first-order chi connectivity index (χ1) is 12.0. The fourth-order valence-electron chi connectivity index (χ4n) is 3.22. The predicted octanol–water partition coefficient (Wildman–Crippen LogP) is 3.65. The number of anilines is 2. The topological polar surface area (TPSA) is 69.6 Å². The Hall–Kier alpha value is -2.34. The van der Waals surface area contributed by atoms with E-state index in [0.717, 1.165) is 35.4 Å². The fraction of sp³-hybridized carbons (Fsp3) is 0.368. The summed E-state index contributed by atoms with van der Waals surface area (Å²) in [5.74, 6) is -0.611. The number of para-hydroxylation sites is 1. The summed E-state index contributed by atoms with van der Waals surface area (Å²) in [6.07, 6.45) is 2.66. The number of hydrogen-bond acceptors (Lipinski definition) is 4. The van der Waals surface area contributed by atoms with Crippen LogP contribution in [0.25, 0.3) is 0 Å². The van der Waals surface area contributed by atoms with E-state index in [1.165, 1.54) is 11.3 Å². The normalized spacial score (nSPS) is 16.2. The second kappa shape index (κ2) is 7.27. The molecule has 1 atom stereocenters. The Morgan fingerprint density at radius 1 is 1.32 bits per heavy atom. The van der Waals surface area contributed by atoms with Gasteiger partial charge in [-0.3, -0.25) is 4.79 Å². The van der Waals surface area contributed by atoms with Crippen molar-refractivity contribution in [2.75, 3.05) is 23.8 Å². The summed E-state index contributed by atoms with van der Waals surface area (Å²) in [6.45, 7) is 2.35. The predicted molar refractivity (Wildman–Crippen MR) is 101 cm³/mol. The Morgan fingerprint density at radius 2 is 2.04 bits per heavy atom. The number of rotatable bonds is 5. The third-order valence-corrected chi connectivity index (χ3v) is 5.73. The lowest BCUT2D eigenvalue weighted by Crippen LogP contribution is -2.30. The molecule has 1 aromatic heterocycles. The van der Waals surface area contributed by atoms with Crippen molar-refractivity contribution in [2.24, 2.45) is 5.92 Å². The number of hydrogen-bond donors (Lipinski definition) is 2. The average Bonchev–Trinajstić information content (AvgIpc) is 2.92. The molecular weight excluding hydrogens is 336 g/mol. The number of amides is 1. The van der Waals surface area contributed by atoms with Gasteiger partial charge in [-0.2, -0.15) is 0 Å². The van der Waals surface area contributed by atoms with Gasteiger partial charge in [0.15, 0.2) is 0 Å². The van der Waals surface area contributed by atoms with Gasteiger partial charge in [-0.05, 0) is 42.9 Å². The zero-order valence-electron chi connectivity index (χ0n) is 14.4. The molecule has 0 fully saturated rings. The number of nitrogens with zero attached hydrogens (tertiary/aromatic N) is 1. The van der Waals surface area contributed by atoms with Crippen molar-refractivity contribution >= 4 is 33.9 Å². The quantitative estimate of drug-likeness (QED) is 0.856. The number of nitrogens with one attached hydrogen (secondary N) is 1. The van der Waals surface area contributed by atoms with E-state index >= 15 is 0 Å². The first kappa shape index (κ1) is 17.5. The Labute approximate surface area is 151 Å². The zero-order valence-corrected chi connectivity index (χ0v) is 15.2. The lowest BCUT2D eigenvalue weighted by atomic mass is 9.88. The molecule has 25 heavy (non-hydrogen) atoms. The maximum Gasteiger partial charge on any atom is 0.339 e. The van der Waals surface area contributed by atoms with Crippen molar-refractivity contribution in [3.8, 4) is 0 Å². The van der Waals surface area contributed by atoms with Gasteiger partial charge in [0.2, 0.25) is 5.91 Å². The molecule has 1 amide bonds. The SMILES string of the molecule is CC1CCc2c(sc(NC(=O)CN(C)c3ccccc3)c2C(=O)O)C1. The number of likely N-dealkylation sites (N-methyl/N-ethyl adjacent to an activating group) is 1. The van der Waals surface area contributed by atoms with Crippen LogP contribution in [0, 0.1) is 5.92 Å². The van der Waals surface area contributed by atoms with E-state index in [1.54, 1.807) is 0 Å². The van der Waals surface area contributed by atoms with E-state index in [4.69, 9.17) is 0 Å². The highest BCUT2D eigenvalue weighted by atomic mass is 32.1. The molecule has 132 valence electrons. The van der Waals surface area contributed by atoms with E-state index in [0.29, 0.717) is 10.9 Å². The monoisotopic (exact) mass is 358 g/mol. The average molecular weight is 358 g/mol. The number of fused-ring (bicyclic) bond motifs is 1. The molecule has 2 N–H and O–H groups in total. The van der Waals surface area contributed by atoms with Gasteiger partial charge < -0.3 is 15.3 Å². The molecule has 1 heterocycles. The Morgan fingerprint density at radius 3 is 2.72 bits per heavy atom. The Bertz CT molecular complexity index is 785. The molecule has 0 spiro atoms. The van der Waals surface area contributed by atoms with Crippen LogP contribution in [-0.4, -0.2) is 30.6 Å². The fourth-order valence-corrected chi connectivity index (χ4v) is 4.64. The maximum atomic E-state index is 12.4. The first-order valence-electron chi connectivity index (χ1n) is 8.39. The minimum absolute atomic E-state index is 0.169. The molecular formula is C19H22N2O3S. The van der Waals surface area contributed by atoms with Crippen molar-refractivity contribution in [2.45, 2.75) is 26.2 Å². The smallest absolute Gasteiger partial charge is 0.339 e. The van der Waals surface area contributed by atoms with Crippen molar-refractivity contribution in [3.63, 3.8) is 0 Å². The van der Waals surface area contributed by atoms with Crippen LogP contribution in [0.5, 0.6) is 0 Å². The van der Waals surface area contributed by atoms with Crippen LogP contribution in [0.4, 0.5) is 10.7 Å². The van der Waals surface area contributed by atoms with Crippen molar-refractivity contribution in [3.05, 3.63) is 46.3 Å². The highest BCUT2D eigenvalue weighted by Crippen LogP contribution is 2.39. The largest absolute Gasteiger partial charge is 0.478 e. The van der Waals surface area contributed by atoms with Crippen LogP contribution in [0.3, 0.4) is 0 Å². The second-order valence-electron chi connectivity index (χ2n) is 6.60. The van der Waals surface area contributed by atoms with Crippen LogP contribution in [0.2, 0.25) is 0 Å². The standard InChI is InChI=1S/C19H22N2O3S/c1-12-8-9-14-15(10-12)25-18(17(14)19(23)24)20-16(22)11-21(2)13-6-4-3-5-7-13/h3-7,12H,8-11H2,1-2H3,(H,20,22)(H,23,24). The third-order valence-electron chi connectivity index (χ3n) is 4.56. The summed E-state index contributed by atoms with van der Waals surface area (Å²) in [5, 5.41) is 12.9. The van der Waals surface area contributed by atoms with E-state index in [2.05, 4.69) is 12.2 Å². The number of carboxylic acid groups (broad SMARTS) is 1. The minimum atomic E-state index is -0.959. The van der Waals surface area contributed by atoms with Crippen molar-refractivity contribution in [1.82, 2.24) is 0 Å². The molecule has 1 unspecified atom stereocenters. The molecule has 1 aliphatic carbocycles. The minimum Gasteiger partial charge on any atom is -0.478 e. The van der Waals surface area contributed by atoms with Crippen LogP contribution in [0.15, 0.2) is 30.3 Å². The molecule has 3 rings (SSSR count). The molecule has 0 saturated heterocycles. The molecule has 5 nitrogen and oxygen atoms in total. The van der Waals surface area contributed by atoms with Gasteiger partial charge >= 0.3 is 5.97 Å². The number of aromatic carboxylic acids is 1. The molecule has 1 aliphatic rings. The van der Waals surface area contributed by atoms with Gasteiger partial charge in [-0.1, -0.05) is 25.1 Å². The molecule has 0 aliphatic heterocycles. The van der Waals surface area contributed by atoms with E-state index in [-0.39, 0.29) is 18.0 Å². The van der Waals surface area contributed by atoms with E-state index in [1.807, 2.05) is 42.3 Å². The van der Waals surface area contributed by atoms with Crippen molar-refractivity contribution in [1.29, 1.82) is 0 Å². The summed E-state index contributed by atoms with van der Waals surface area (Å²) >= 11 is 1.41. The number of carboxylic acids is 1. The highest BCUT2D eigenvalue weighted by molar-refractivity contribution is 7.17. The maximum absolute atomic E-state index is 12.4. The molecule has 0 saturated carbocycles. The lowest BCUT2D eigenvalue weighted by Gasteiger charge is -2.18. The molecule has 0 radical (unpaired) electrons. The number of carbonyl (C=O) groups is 2. The van der Waals surface area contributed by atoms with Crippen LogP contribution in [-0.2, 0) is 17.6 Å². The van der Waals surface area contributed by atoms with Gasteiger partial charge in [0, 0.05) is 17.6 Å². The van der Waals surface area contributed by atoms with Crippen LogP contribution in [0.1, 0.15) is 34.1 Å². The summed E-state index contributed by atoms with van der Waals surface area (Å²) in [4.78, 5) is 27.1. The molecule has 6 heteroatoms. The van der Waals surface area contributed by atoms with Gasteiger partial charge in [0.1, 0.15) is 5.00 Å². The van der Waals surface area contributed by atoms with Crippen molar-refractivity contribution < 1.29 is 14.7 Å². The highest BCUT2D eigenvalue weighted by Gasteiger charge is 2.28. The van der Waals surface area contributed by atoms with E-state index in [9.17, 15) is 14.7 Å². The van der Waals surface area contributed by atoms with Gasteiger partial charge in [0.25, 0.3) is 0 Å². The summed E-state index contributed by atoms with van der Waals surface area (Å²) in [5.41, 5.74) is 2.13. The number of benzene rings is 1. The summed E-state index contributed by atoms with van der Waals surface area (Å²) in [6, 6.07) is 9.62. The van der Waals surface area contributed by atoms with E-state index < -0.39 is 5.97 Å². The number of carbonyl (C=O) groups excluding carboxylic acids is 1. The van der Waals surface area contributed by atoms with Crippen LogP contribution >= 0.6 is 11.3 Å². The zero-order chi connectivity index (χ0) is 18.0. The lowest BCUT2D eigenvalue weighted by molar-refractivity contribution is -0.114. The van der Waals surface area contributed by atoms with Gasteiger partial charge in [-0.15, -0.1) is 11.3 Å². The number of thiophene rings is 1. The third kappa shape index (κ3) is 3.85. The Kier molecular flexibility index (Phi) is 5.08.